The van der Waals surface area contributed by atoms with Crippen molar-refractivity contribution in [1.82, 2.24) is 15.2 Å². The zero-order chi connectivity index (χ0) is 13.5. The molecule has 19 heavy (non-hydrogen) atoms. The number of aromatic nitrogens is 1. The van der Waals surface area contributed by atoms with Gasteiger partial charge >= 0.3 is 0 Å². The summed E-state index contributed by atoms with van der Waals surface area (Å²) in [5.41, 5.74) is 4.07. The van der Waals surface area contributed by atoms with Crippen LogP contribution in [0.5, 0.6) is 0 Å². The van der Waals surface area contributed by atoms with E-state index in [2.05, 4.69) is 60.2 Å². The number of piperazine rings is 1. The SMILES string of the molecule is Cc1[nH]c2ccccc2c1C(C)(C)N1CCNCC1. The van der Waals surface area contributed by atoms with E-state index in [1.165, 1.54) is 22.2 Å². The van der Waals surface area contributed by atoms with Gasteiger partial charge in [0, 0.05) is 53.9 Å². The molecule has 3 heteroatoms. The Labute approximate surface area is 115 Å². The maximum absolute atomic E-state index is 3.53. The Morgan fingerprint density at radius 2 is 1.79 bits per heavy atom. The van der Waals surface area contributed by atoms with Gasteiger partial charge in [-0.3, -0.25) is 4.90 Å². The zero-order valence-electron chi connectivity index (χ0n) is 12.1. The van der Waals surface area contributed by atoms with Crippen LogP contribution in [0.25, 0.3) is 10.9 Å². The number of rotatable bonds is 2. The summed E-state index contributed by atoms with van der Waals surface area (Å²) in [5.74, 6) is 0. The van der Waals surface area contributed by atoms with Gasteiger partial charge in [-0.05, 0) is 26.8 Å². The van der Waals surface area contributed by atoms with Crippen LogP contribution in [0, 0.1) is 6.92 Å². The van der Waals surface area contributed by atoms with Crippen molar-refractivity contribution in [2.45, 2.75) is 26.3 Å². The summed E-state index contributed by atoms with van der Waals surface area (Å²) in [6.07, 6.45) is 0. The number of hydrogen-bond donors (Lipinski definition) is 2. The van der Waals surface area contributed by atoms with E-state index in [0.29, 0.717) is 0 Å². The van der Waals surface area contributed by atoms with Crippen molar-refractivity contribution >= 4 is 10.9 Å². The molecule has 1 aromatic carbocycles. The number of H-pyrrole nitrogens is 1. The highest BCUT2D eigenvalue weighted by Crippen LogP contribution is 2.36. The molecule has 0 spiro atoms. The van der Waals surface area contributed by atoms with E-state index in [0.717, 1.165) is 26.2 Å². The molecule has 0 radical (unpaired) electrons. The molecule has 0 atom stereocenters. The number of nitrogens with one attached hydrogen (secondary N) is 2. The van der Waals surface area contributed by atoms with Gasteiger partial charge in [0.15, 0.2) is 0 Å². The topological polar surface area (TPSA) is 31.1 Å². The number of aromatic amines is 1. The second-order valence-corrected chi connectivity index (χ2v) is 5.97. The molecule has 0 saturated carbocycles. The van der Waals surface area contributed by atoms with Crippen molar-refractivity contribution in [3.63, 3.8) is 0 Å². The molecule has 0 amide bonds. The zero-order valence-corrected chi connectivity index (χ0v) is 12.1. The van der Waals surface area contributed by atoms with Crippen LogP contribution in [0.2, 0.25) is 0 Å². The van der Waals surface area contributed by atoms with Gasteiger partial charge in [0.05, 0.1) is 0 Å². The molecule has 1 saturated heterocycles. The molecule has 2 N–H and O–H groups in total. The van der Waals surface area contributed by atoms with Gasteiger partial charge in [0.25, 0.3) is 0 Å². The lowest BCUT2D eigenvalue weighted by Crippen LogP contribution is -2.51. The average molecular weight is 257 g/mol. The van der Waals surface area contributed by atoms with Crippen molar-refractivity contribution in [2.75, 3.05) is 26.2 Å². The monoisotopic (exact) mass is 257 g/mol. The number of hydrogen-bond acceptors (Lipinski definition) is 2. The molecule has 1 aromatic heterocycles. The lowest BCUT2D eigenvalue weighted by atomic mass is 9.89. The molecule has 3 rings (SSSR count). The minimum Gasteiger partial charge on any atom is -0.358 e. The van der Waals surface area contributed by atoms with Crippen LogP contribution in [0.4, 0.5) is 0 Å². The number of fused-ring (bicyclic) bond motifs is 1. The second kappa shape index (κ2) is 4.66. The van der Waals surface area contributed by atoms with Gasteiger partial charge in [-0.2, -0.15) is 0 Å². The van der Waals surface area contributed by atoms with Crippen molar-refractivity contribution < 1.29 is 0 Å². The number of aryl methyl sites for hydroxylation is 1. The molecule has 0 unspecified atom stereocenters. The first kappa shape index (κ1) is 12.7. The van der Waals surface area contributed by atoms with E-state index in [1.807, 2.05) is 0 Å². The largest absolute Gasteiger partial charge is 0.358 e. The normalized spacial score (nSPS) is 18.1. The maximum Gasteiger partial charge on any atom is 0.0459 e. The maximum atomic E-state index is 3.53. The van der Waals surface area contributed by atoms with Crippen LogP contribution in [0.1, 0.15) is 25.1 Å². The third-order valence-corrected chi connectivity index (χ3v) is 4.41. The molecule has 2 heterocycles. The van der Waals surface area contributed by atoms with E-state index in [9.17, 15) is 0 Å². The van der Waals surface area contributed by atoms with Crippen molar-refractivity contribution in [2.24, 2.45) is 0 Å². The van der Waals surface area contributed by atoms with Crippen LogP contribution in [-0.4, -0.2) is 36.1 Å². The molecule has 1 fully saturated rings. The summed E-state index contributed by atoms with van der Waals surface area (Å²) < 4.78 is 0. The molecule has 1 aliphatic heterocycles. The third-order valence-electron chi connectivity index (χ3n) is 4.41. The van der Waals surface area contributed by atoms with Crippen LogP contribution in [0.15, 0.2) is 24.3 Å². The molecular weight excluding hydrogens is 234 g/mol. The predicted octanol–water partition coefficient (Wildman–Crippen LogP) is 2.62. The molecule has 2 aromatic rings. The lowest BCUT2D eigenvalue weighted by molar-refractivity contribution is 0.103. The van der Waals surface area contributed by atoms with Gasteiger partial charge in [0.2, 0.25) is 0 Å². The lowest BCUT2D eigenvalue weighted by Gasteiger charge is -2.41. The van der Waals surface area contributed by atoms with Crippen LogP contribution < -0.4 is 5.32 Å². The van der Waals surface area contributed by atoms with Crippen LogP contribution in [0.3, 0.4) is 0 Å². The van der Waals surface area contributed by atoms with Crippen LogP contribution in [-0.2, 0) is 5.54 Å². The summed E-state index contributed by atoms with van der Waals surface area (Å²) in [7, 11) is 0. The molecule has 0 bridgehead atoms. The smallest absolute Gasteiger partial charge is 0.0459 e. The predicted molar refractivity (Wildman–Crippen MR) is 80.5 cm³/mol. The fourth-order valence-electron chi connectivity index (χ4n) is 3.45. The summed E-state index contributed by atoms with van der Waals surface area (Å²) in [5, 5.41) is 4.80. The molecule has 102 valence electrons. The highest BCUT2D eigenvalue weighted by molar-refractivity contribution is 5.85. The quantitative estimate of drug-likeness (QED) is 0.866. The van der Waals surface area contributed by atoms with E-state index in [4.69, 9.17) is 0 Å². The van der Waals surface area contributed by atoms with Gasteiger partial charge in [-0.15, -0.1) is 0 Å². The highest BCUT2D eigenvalue weighted by atomic mass is 15.2. The van der Waals surface area contributed by atoms with Gasteiger partial charge in [0.1, 0.15) is 0 Å². The molecule has 0 aliphatic carbocycles. The molecule has 3 nitrogen and oxygen atoms in total. The number of benzene rings is 1. The van der Waals surface area contributed by atoms with Crippen molar-refractivity contribution in [3.8, 4) is 0 Å². The number of nitrogens with zero attached hydrogens (tertiary/aromatic N) is 1. The molecular formula is C16H23N3. The van der Waals surface area contributed by atoms with Crippen molar-refractivity contribution in [3.05, 3.63) is 35.5 Å². The minimum absolute atomic E-state index is 0.0752. The van der Waals surface area contributed by atoms with E-state index < -0.39 is 0 Å². The van der Waals surface area contributed by atoms with Gasteiger partial charge in [-0.25, -0.2) is 0 Å². The average Bonchev–Trinajstić information content (AvgIpc) is 2.76. The van der Waals surface area contributed by atoms with Gasteiger partial charge < -0.3 is 10.3 Å². The highest BCUT2D eigenvalue weighted by Gasteiger charge is 2.33. The fraction of sp³-hybridized carbons (Fsp3) is 0.500. The van der Waals surface area contributed by atoms with E-state index in [1.54, 1.807) is 0 Å². The first-order chi connectivity index (χ1) is 9.10. The van der Waals surface area contributed by atoms with E-state index in [-0.39, 0.29) is 5.54 Å². The Morgan fingerprint density at radius 3 is 2.53 bits per heavy atom. The first-order valence-corrected chi connectivity index (χ1v) is 7.14. The second-order valence-electron chi connectivity index (χ2n) is 5.97. The van der Waals surface area contributed by atoms with Crippen LogP contribution >= 0.6 is 0 Å². The Balaban J connectivity index is 2.09. The summed E-state index contributed by atoms with van der Waals surface area (Å²) in [6.45, 7) is 11.3. The Hall–Kier alpha value is -1.32. The minimum atomic E-state index is 0.0752. The Morgan fingerprint density at radius 1 is 1.11 bits per heavy atom. The fourth-order valence-corrected chi connectivity index (χ4v) is 3.45. The standard InChI is InChI=1S/C16H23N3/c1-12-15(13-6-4-5-7-14(13)18-12)16(2,3)19-10-8-17-9-11-19/h4-7,17-18H,8-11H2,1-3H3. The summed E-state index contributed by atoms with van der Waals surface area (Å²) in [4.78, 5) is 6.12. The number of para-hydroxylation sites is 1. The summed E-state index contributed by atoms with van der Waals surface area (Å²) >= 11 is 0. The summed E-state index contributed by atoms with van der Waals surface area (Å²) in [6, 6.07) is 8.63. The third kappa shape index (κ3) is 2.07. The van der Waals surface area contributed by atoms with Crippen molar-refractivity contribution in [1.29, 1.82) is 0 Å². The van der Waals surface area contributed by atoms with E-state index >= 15 is 0 Å². The Kier molecular flexibility index (Phi) is 3.11. The molecule has 1 aliphatic rings. The van der Waals surface area contributed by atoms with Gasteiger partial charge in [-0.1, -0.05) is 18.2 Å². The Bertz CT molecular complexity index is 577. The first-order valence-electron chi connectivity index (χ1n) is 7.14.